The molecule has 3 nitrogen and oxygen atoms in total. The summed E-state index contributed by atoms with van der Waals surface area (Å²) in [7, 11) is 1.62. The molecule has 1 aromatic heterocycles. The summed E-state index contributed by atoms with van der Waals surface area (Å²) in [5.41, 5.74) is 1.91. The number of likely N-dealkylation sites (N-methyl/N-ethyl adjacent to an activating group) is 1. The van der Waals surface area contributed by atoms with E-state index in [0.29, 0.717) is 6.42 Å². The van der Waals surface area contributed by atoms with Gasteiger partial charge in [0.15, 0.2) is 0 Å². The summed E-state index contributed by atoms with van der Waals surface area (Å²) in [5.74, 6) is -0.00801. The molecule has 0 spiro atoms. The van der Waals surface area contributed by atoms with E-state index in [1.54, 1.807) is 13.2 Å². The molecule has 3 heteroatoms. The lowest BCUT2D eigenvalue weighted by Gasteiger charge is -1.99. The molecule has 0 radical (unpaired) electrons. The van der Waals surface area contributed by atoms with Crippen LogP contribution in [0.1, 0.15) is 39.0 Å². The smallest absolute Gasteiger partial charge is 0.225 e. The van der Waals surface area contributed by atoms with Gasteiger partial charge in [-0.05, 0) is 18.6 Å². The van der Waals surface area contributed by atoms with Crippen molar-refractivity contribution in [2.75, 3.05) is 7.05 Å². The van der Waals surface area contributed by atoms with Gasteiger partial charge in [0, 0.05) is 18.9 Å². The molecular weight excluding hydrogens is 200 g/mol. The number of aromatic nitrogens is 1. The Labute approximate surface area is 99.3 Å². The lowest BCUT2D eigenvalue weighted by molar-refractivity contribution is -0.120. The molecule has 1 N–H and O–H groups in total. The second-order valence-electron chi connectivity index (χ2n) is 2.68. The summed E-state index contributed by atoms with van der Waals surface area (Å²) in [6, 6.07) is 3.82. The van der Waals surface area contributed by atoms with E-state index in [0.717, 1.165) is 11.3 Å². The van der Waals surface area contributed by atoms with Crippen molar-refractivity contribution in [2.45, 2.75) is 41.0 Å². The number of hydrogen-bond donors (Lipinski definition) is 1. The predicted octanol–water partition coefficient (Wildman–Crippen LogP) is 2.73. The van der Waals surface area contributed by atoms with Crippen molar-refractivity contribution in [1.29, 1.82) is 0 Å². The van der Waals surface area contributed by atoms with Gasteiger partial charge in [0.2, 0.25) is 5.91 Å². The van der Waals surface area contributed by atoms with E-state index >= 15 is 0 Å². The molecule has 0 saturated heterocycles. The van der Waals surface area contributed by atoms with Crippen LogP contribution in [0.4, 0.5) is 0 Å². The van der Waals surface area contributed by atoms with Crippen LogP contribution in [0.15, 0.2) is 18.3 Å². The number of nitrogens with one attached hydrogen (secondary N) is 1. The number of pyridine rings is 1. The Hall–Kier alpha value is -1.38. The summed E-state index contributed by atoms with van der Waals surface area (Å²) >= 11 is 0. The van der Waals surface area contributed by atoms with Gasteiger partial charge in [-0.25, -0.2) is 0 Å². The molecule has 0 aliphatic rings. The Morgan fingerprint density at radius 3 is 2.19 bits per heavy atom. The van der Waals surface area contributed by atoms with E-state index in [9.17, 15) is 4.79 Å². The van der Waals surface area contributed by atoms with Crippen LogP contribution in [-0.2, 0) is 11.2 Å². The number of aryl methyl sites for hydroxylation is 1. The van der Waals surface area contributed by atoms with E-state index in [4.69, 9.17) is 0 Å². The maximum absolute atomic E-state index is 10.9. The SMILES string of the molecule is CC.CC.CNC(=O)Cc1ccc(C)cn1. The van der Waals surface area contributed by atoms with Crippen LogP contribution in [0.2, 0.25) is 0 Å². The number of amides is 1. The van der Waals surface area contributed by atoms with Crippen LogP contribution in [0.25, 0.3) is 0 Å². The molecule has 0 aliphatic heterocycles. The number of nitrogens with zero attached hydrogens (tertiary/aromatic N) is 1. The Balaban J connectivity index is 0. The molecule has 1 aromatic rings. The average molecular weight is 224 g/mol. The van der Waals surface area contributed by atoms with E-state index in [-0.39, 0.29) is 5.91 Å². The van der Waals surface area contributed by atoms with E-state index in [1.807, 2.05) is 46.8 Å². The predicted molar refractivity (Wildman–Crippen MR) is 69.4 cm³/mol. The summed E-state index contributed by atoms with van der Waals surface area (Å²) in [4.78, 5) is 15.0. The standard InChI is InChI=1S/C9H12N2O.2C2H6/c1-7-3-4-8(11-6-7)5-9(12)10-2;2*1-2/h3-4,6H,5H2,1-2H3,(H,10,12);2*1-2H3. The minimum Gasteiger partial charge on any atom is -0.359 e. The fourth-order valence-electron chi connectivity index (χ4n) is 0.856. The van der Waals surface area contributed by atoms with Gasteiger partial charge >= 0.3 is 0 Å². The van der Waals surface area contributed by atoms with Gasteiger partial charge in [-0.1, -0.05) is 33.8 Å². The summed E-state index contributed by atoms with van der Waals surface area (Å²) in [6.07, 6.45) is 2.12. The van der Waals surface area contributed by atoms with E-state index in [2.05, 4.69) is 10.3 Å². The monoisotopic (exact) mass is 224 g/mol. The van der Waals surface area contributed by atoms with Gasteiger partial charge in [-0.15, -0.1) is 0 Å². The molecule has 1 heterocycles. The third-order valence-corrected chi connectivity index (χ3v) is 1.59. The van der Waals surface area contributed by atoms with Gasteiger partial charge in [-0.3, -0.25) is 9.78 Å². The summed E-state index contributed by atoms with van der Waals surface area (Å²) in [6.45, 7) is 9.97. The molecule has 1 rings (SSSR count). The van der Waals surface area contributed by atoms with Crippen molar-refractivity contribution < 1.29 is 4.79 Å². The highest BCUT2D eigenvalue weighted by Gasteiger charge is 2.00. The second kappa shape index (κ2) is 11.7. The third-order valence-electron chi connectivity index (χ3n) is 1.59. The quantitative estimate of drug-likeness (QED) is 0.839. The zero-order valence-electron chi connectivity index (χ0n) is 11.3. The lowest BCUT2D eigenvalue weighted by atomic mass is 10.2. The van der Waals surface area contributed by atoms with Gasteiger partial charge in [0.1, 0.15) is 0 Å². The molecule has 0 unspecified atom stereocenters. The number of rotatable bonds is 2. The van der Waals surface area contributed by atoms with Crippen LogP contribution in [0, 0.1) is 6.92 Å². The average Bonchev–Trinajstić information content (AvgIpc) is 2.37. The van der Waals surface area contributed by atoms with Gasteiger partial charge in [-0.2, -0.15) is 0 Å². The molecular formula is C13H24N2O. The lowest BCUT2D eigenvalue weighted by Crippen LogP contribution is -2.20. The fraction of sp³-hybridized carbons (Fsp3) is 0.538. The fourth-order valence-corrected chi connectivity index (χ4v) is 0.856. The second-order valence-corrected chi connectivity index (χ2v) is 2.68. The molecule has 0 aliphatic carbocycles. The molecule has 0 bridgehead atoms. The van der Waals surface area contributed by atoms with Crippen molar-refractivity contribution in [3.05, 3.63) is 29.6 Å². The first kappa shape index (κ1) is 17.0. The van der Waals surface area contributed by atoms with Crippen molar-refractivity contribution in [3.8, 4) is 0 Å². The molecule has 0 atom stereocenters. The minimum atomic E-state index is -0.00801. The van der Waals surface area contributed by atoms with Crippen molar-refractivity contribution in [2.24, 2.45) is 0 Å². The Bertz CT molecular complexity index is 268. The van der Waals surface area contributed by atoms with Crippen LogP contribution < -0.4 is 5.32 Å². The first-order chi connectivity index (χ1) is 7.72. The Morgan fingerprint density at radius 1 is 1.25 bits per heavy atom. The Morgan fingerprint density at radius 2 is 1.81 bits per heavy atom. The van der Waals surface area contributed by atoms with E-state index in [1.165, 1.54) is 0 Å². The number of carbonyl (C=O) groups excluding carboxylic acids is 1. The van der Waals surface area contributed by atoms with Crippen LogP contribution in [-0.4, -0.2) is 17.9 Å². The van der Waals surface area contributed by atoms with Gasteiger partial charge in [0.05, 0.1) is 6.42 Å². The first-order valence-corrected chi connectivity index (χ1v) is 5.84. The summed E-state index contributed by atoms with van der Waals surface area (Å²) < 4.78 is 0. The molecule has 1 amide bonds. The van der Waals surface area contributed by atoms with Crippen LogP contribution >= 0.6 is 0 Å². The van der Waals surface area contributed by atoms with Crippen molar-refractivity contribution >= 4 is 5.91 Å². The van der Waals surface area contributed by atoms with Crippen LogP contribution in [0.5, 0.6) is 0 Å². The first-order valence-electron chi connectivity index (χ1n) is 5.84. The molecule has 0 fully saturated rings. The normalized spacial score (nSPS) is 7.88. The van der Waals surface area contributed by atoms with Crippen LogP contribution in [0.3, 0.4) is 0 Å². The molecule has 92 valence electrons. The minimum absolute atomic E-state index is 0.00801. The highest BCUT2D eigenvalue weighted by Crippen LogP contribution is 1.98. The molecule has 0 saturated carbocycles. The maximum Gasteiger partial charge on any atom is 0.225 e. The topological polar surface area (TPSA) is 42.0 Å². The highest BCUT2D eigenvalue weighted by molar-refractivity contribution is 5.77. The molecule has 16 heavy (non-hydrogen) atoms. The molecule has 0 aromatic carbocycles. The maximum atomic E-state index is 10.9. The van der Waals surface area contributed by atoms with E-state index < -0.39 is 0 Å². The number of hydrogen-bond acceptors (Lipinski definition) is 2. The zero-order valence-corrected chi connectivity index (χ0v) is 11.3. The largest absolute Gasteiger partial charge is 0.359 e. The highest BCUT2D eigenvalue weighted by atomic mass is 16.1. The van der Waals surface area contributed by atoms with Gasteiger partial charge in [0.25, 0.3) is 0 Å². The summed E-state index contributed by atoms with van der Waals surface area (Å²) in [5, 5.41) is 2.55. The van der Waals surface area contributed by atoms with Crippen molar-refractivity contribution in [1.82, 2.24) is 10.3 Å². The zero-order chi connectivity index (χ0) is 13.0. The number of carbonyl (C=O) groups is 1. The van der Waals surface area contributed by atoms with Gasteiger partial charge < -0.3 is 5.32 Å². The Kier molecular flexibility index (Phi) is 12.4. The third kappa shape index (κ3) is 7.97. The van der Waals surface area contributed by atoms with Crippen molar-refractivity contribution in [3.63, 3.8) is 0 Å².